The van der Waals surface area contributed by atoms with Crippen LogP contribution in [0.25, 0.3) is 11.1 Å². The topological polar surface area (TPSA) is 108 Å². The SMILES string of the molecule is CC1(C)CC(NC(=O)c2ccc(Oc3cccc(-c4ccnnc4)c3C#N)c(Cl)c2)CC(C)(C)[S+]1O. The lowest BCUT2D eigenvalue weighted by atomic mass is 9.93. The van der Waals surface area contributed by atoms with Crippen molar-refractivity contribution in [3.05, 3.63) is 71.0 Å². The largest absolute Gasteiger partial charge is 0.454 e. The Hall–Kier alpha value is -3.12. The average molecular weight is 524 g/mol. The molecule has 1 aliphatic heterocycles. The van der Waals surface area contributed by atoms with Gasteiger partial charge < -0.3 is 10.1 Å². The van der Waals surface area contributed by atoms with Crippen LogP contribution >= 0.6 is 11.6 Å². The van der Waals surface area contributed by atoms with Crippen LogP contribution in [0.5, 0.6) is 11.5 Å². The van der Waals surface area contributed by atoms with E-state index >= 15 is 0 Å². The molecule has 0 spiro atoms. The molecule has 7 nitrogen and oxygen atoms in total. The highest BCUT2D eigenvalue weighted by molar-refractivity contribution is 7.94. The second-order valence-electron chi connectivity index (χ2n) is 10.1. The Bertz CT molecular complexity index is 1310. The number of nitrogens with zero attached hydrogens (tertiary/aromatic N) is 3. The normalized spacial score (nSPS) is 20.2. The summed E-state index contributed by atoms with van der Waals surface area (Å²) in [5.41, 5.74) is 2.16. The number of hydrogen-bond acceptors (Lipinski definition) is 6. The van der Waals surface area contributed by atoms with Crippen molar-refractivity contribution in [1.82, 2.24) is 15.5 Å². The molecule has 2 aromatic carbocycles. The van der Waals surface area contributed by atoms with Crippen molar-refractivity contribution in [2.24, 2.45) is 0 Å². The second-order valence-corrected chi connectivity index (χ2v) is 13.2. The van der Waals surface area contributed by atoms with Crippen LogP contribution in [0.2, 0.25) is 5.02 Å². The van der Waals surface area contributed by atoms with Gasteiger partial charge in [-0.2, -0.15) is 20.0 Å². The van der Waals surface area contributed by atoms with Gasteiger partial charge in [-0.1, -0.05) is 23.7 Å². The number of aromatic nitrogens is 2. The Balaban J connectivity index is 1.52. The van der Waals surface area contributed by atoms with Crippen LogP contribution in [0.1, 0.15) is 56.5 Å². The Kier molecular flexibility index (Phi) is 7.28. The zero-order valence-electron chi connectivity index (χ0n) is 20.6. The van der Waals surface area contributed by atoms with Gasteiger partial charge in [0.2, 0.25) is 0 Å². The summed E-state index contributed by atoms with van der Waals surface area (Å²) >= 11 is 5.74. The third-order valence-electron chi connectivity index (χ3n) is 6.31. The number of carbonyl (C=O) groups excluding carboxylic acids is 1. The van der Waals surface area contributed by atoms with E-state index in [9.17, 15) is 14.6 Å². The van der Waals surface area contributed by atoms with E-state index in [1.54, 1.807) is 48.8 Å². The van der Waals surface area contributed by atoms with E-state index in [0.717, 1.165) is 5.56 Å². The first-order valence-electron chi connectivity index (χ1n) is 11.5. The molecule has 0 radical (unpaired) electrons. The fourth-order valence-corrected chi connectivity index (χ4v) is 7.23. The molecule has 1 saturated heterocycles. The fraction of sp³-hybridized carbons (Fsp3) is 0.333. The van der Waals surface area contributed by atoms with Crippen molar-refractivity contribution < 1.29 is 14.1 Å². The van der Waals surface area contributed by atoms with Gasteiger partial charge in [0.05, 0.1) is 17.4 Å². The van der Waals surface area contributed by atoms with E-state index in [4.69, 9.17) is 16.3 Å². The van der Waals surface area contributed by atoms with Gasteiger partial charge in [-0.25, -0.2) is 0 Å². The van der Waals surface area contributed by atoms with Crippen molar-refractivity contribution in [3.8, 4) is 28.7 Å². The van der Waals surface area contributed by atoms with Crippen LogP contribution in [0, 0.1) is 11.3 Å². The zero-order valence-corrected chi connectivity index (χ0v) is 22.2. The van der Waals surface area contributed by atoms with Gasteiger partial charge in [0.15, 0.2) is 20.7 Å². The molecule has 3 aromatic rings. The summed E-state index contributed by atoms with van der Waals surface area (Å²) in [4.78, 5) is 13.0. The molecular formula is C27H28ClN4O3S+. The Labute approximate surface area is 219 Å². The zero-order chi connectivity index (χ0) is 26.1. The molecule has 1 aliphatic rings. The lowest BCUT2D eigenvalue weighted by molar-refractivity contribution is 0.0926. The molecule has 0 aliphatic carbocycles. The highest BCUT2D eigenvalue weighted by atomic mass is 35.5. The molecule has 2 N–H and O–H groups in total. The van der Waals surface area contributed by atoms with Gasteiger partial charge in [-0.05, 0) is 58.0 Å². The number of amides is 1. The summed E-state index contributed by atoms with van der Waals surface area (Å²) in [6.07, 6.45) is 4.52. The number of carbonyl (C=O) groups is 1. The van der Waals surface area contributed by atoms with Crippen LogP contribution < -0.4 is 10.1 Å². The number of ether oxygens (including phenoxy) is 1. The van der Waals surface area contributed by atoms with Gasteiger partial charge in [-0.15, -0.1) is 0 Å². The predicted molar refractivity (Wildman–Crippen MR) is 142 cm³/mol. The lowest BCUT2D eigenvalue weighted by Crippen LogP contribution is -2.57. The number of benzene rings is 2. The minimum atomic E-state index is -0.753. The van der Waals surface area contributed by atoms with Crippen LogP contribution in [0.3, 0.4) is 0 Å². The molecule has 36 heavy (non-hydrogen) atoms. The maximum Gasteiger partial charge on any atom is 0.251 e. The van der Waals surface area contributed by atoms with Crippen LogP contribution in [-0.2, 0) is 11.2 Å². The van der Waals surface area contributed by atoms with Crippen molar-refractivity contribution in [2.45, 2.75) is 56.1 Å². The van der Waals surface area contributed by atoms with E-state index < -0.39 is 11.2 Å². The molecule has 2 heterocycles. The van der Waals surface area contributed by atoms with Crippen LogP contribution in [0.15, 0.2) is 54.9 Å². The fourth-order valence-electron chi connectivity index (χ4n) is 4.80. The summed E-state index contributed by atoms with van der Waals surface area (Å²) in [6, 6.07) is 14.0. The van der Waals surface area contributed by atoms with Gasteiger partial charge >= 0.3 is 0 Å². The summed E-state index contributed by atoms with van der Waals surface area (Å²) in [5.74, 6) is 0.445. The van der Waals surface area contributed by atoms with Crippen LogP contribution in [0.4, 0.5) is 0 Å². The van der Waals surface area contributed by atoms with Crippen molar-refractivity contribution in [1.29, 1.82) is 5.26 Å². The predicted octanol–water partition coefficient (Wildman–Crippen LogP) is 6.00. The number of nitriles is 1. The van der Waals surface area contributed by atoms with Crippen molar-refractivity contribution >= 4 is 28.7 Å². The minimum absolute atomic E-state index is 0.0586. The molecule has 186 valence electrons. The number of hydrogen-bond donors (Lipinski definition) is 2. The summed E-state index contributed by atoms with van der Waals surface area (Å²) in [7, 11) is 0. The third kappa shape index (κ3) is 5.34. The first-order chi connectivity index (χ1) is 17.0. The highest BCUT2D eigenvalue weighted by Gasteiger charge is 2.56. The smallest absolute Gasteiger partial charge is 0.251 e. The minimum Gasteiger partial charge on any atom is -0.454 e. The Morgan fingerprint density at radius 2 is 1.86 bits per heavy atom. The molecule has 1 amide bonds. The first kappa shape index (κ1) is 26.0. The quantitative estimate of drug-likeness (QED) is 0.397. The molecule has 0 unspecified atom stereocenters. The average Bonchev–Trinajstić information content (AvgIpc) is 2.83. The molecule has 0 bridgehead atoms. The van der Waals surface area contributed by atoms with Crippen LogP contribution in [-0.4, -0.2) is 36.2 Å². The maximum absolute atomic E-state index is 13.0. The Morgan fingerprint density at radius 3 is 2.47 bits per heavy atom. The van der Waals surface area contributed by atoms with E-state index in [1.807, 2.05) is 33.8 Å². The molecule has 0 saturated carbocycles. The molecule has 0 atom stereocenters. The first-order valence-corrected chi connectivity index (χ1v) is 13.1. The summed E-state index contributed by atoms with van der Waals surface area (Å²) in [6.45, 7) is 8.15. The number of halogens is 1. The summed E-state index contributed by atoms with van der Waals surface area (Å²) in [5, 5.41) is 20.8. The maximum atomic E-state index is 13.0. The molecule has 9 heteroatoms. The monoisotopic (exact) mass is 523 g/mol. The highest BCUT2D eigenvalue weighted by Crippen LogP contribution is 2.42. The number of rotatable bonds is 5. The lowest BCUT2D eigenvalue weighted by Gasteiger charge is -2.40. The van der Waals surface area contributed by atoms with Gasteiger partial charge in [-0.3, -0.25) is 4.79 Å². The molecular weight excluding hydrogens is 496 g/mol. The standard InChI is InChI=1S/C27H27ClN4O3S/c1-26(2)13-19(14-27(3,4)36(26)34)32-25(33)17-8-9-24(22(28)12-17)35-23-7-5-6-20(21(23)15-29)18-10-11-30-31-16-18/h5-12,16,19,34H,13-14H2,1-4H3/p+1. The molecule has 1 fully saturated rings. The van der Waals surface area contributed by atoms with Gasteiger partial charge in [0.25, 0.3) is 5.91 Å². The second kappa shape index (κ2) is 10.1. The van der Waals surface area contributed by atoms with E-state index in [0.29, 0.717) is 41.0 Å². The van der Waals surface area contributed by atoms with E-state index in [-0.39, 0.29) is 26.5 Å². The van der Waals surface area contributed by atoms with Gasteiger partial charge in [0.1, 0.15) is 23.1 Å². The molecule has 1 aromatic heterocycles. The Morgan fingerprint density at radius 1 is 1.14 bits per heavy atom. The third-order valence-corrected chi connectivity index (χ3v) is 9.03. The number of nitrogens with one attached hydrogen (secondary N) is 1. The molecule has 4 rings (SSSR count). The van der Waals surface area contributed by atoms with Crippen molar-refractivity contribution in [2.75, 3.05) is 0 Å². The van der Waals surface area contributed by atoms with E-state index in [1.165, 1.54) is 0 Å². The van der Waals surface area contributed by atoms with Gasteiger partial charge in [0, 0.05) is 35.6 Å². The summed E-state index contributed by atoms with van der Waals surface area (Å²) < 4.78 is 16.1. The van der Waals surface area contributed by atoms with Crippen molar-refractivity contribution in [3.63, 3.8) is 0 Å². The van der Waals surface area contributed by atoms with E-state index in [2.05, 4.69) is 21.6 Å².